The highest BCUT2D eigenvalue weighted by Crippen LogP contribution is 2.36. The summed E-state index contributed by atoms with van der Waals surface area (Å²) in [5.41, 5.74) is 5.36. The second-order valence-electron chi connectivity index (χ2n) is 7.71. The van der Waals surface area contributed by atoms with E-state index in [-0.39, 0.29) is 24.1 Å². The minimum absolute atomic E-state index is 0.0621. The molecule has 1 aliphatic rings. The van der Waals surface area contributed by atoms with E-state index in [1.165, 1.54) is 0 Å². The summed E-state index contributed by atoms with van der Waals surface area (Å²) in [7, 11) is 0. The molecule has 0 bridgehead atoms. The first-order chi connectivity index (χ1) is 16.1. The van der Waals surface area contributed by atoms with Crippen LogP contribution in [0, 0.1) is 0 Å². The number of hydrogen-bond donors (Lipinski definition) is 2. The molecular formula is C27H19N3O3. The van der Waals surface area contributed by atoms with Crippen molar-refractivity contribution in [3.8, 4) is 11.1 Å². The van der Waals surface area contributed by atoms with Gasteiger partial charge in [0.2, 0.25) is 0 Å². The zero-order valence-electron chi connectivity index (χ0n) is 17.5. The molecule has 4 aromatic rings. The van der Waals surface area contributed by atoms with E-state index in [0.29, 0.717) is 27.9 Å². The fraction of sp³-hybridized carbons (Fsp3) is 0.0370. The van der Waals surface area contributed by atoms with Crippen molar-refractivity contribution in [1.82, 2.24) is 10.3 Å². The summed E-state index contributed by atoms with van der Waals surface area (Å²) in [6, 6.07) is 23.2. The summed E-state index contributed by atoms with van der Waals surface area (Å²) in [6.45, 7) is 0.281. The topological polar surface area (TPSA) is 88.2 Å². The smallest absolute Gasteiger partial charge is 0.255 e. The molecule has 0 fully saturated rings. The van der Waals surface area contributed by atoms with Crippen molar-refractivity contribution in [3.63, 3.8) is 0 Å². The standard InChI is InChI=1S/C27H19N3O3/c31-25-23-7-2-1-6-21(23)22-9-8-19(15-24(22)25)26(32)29-16-17-4-3-5-20(14-17)30-27(33)18-10-12-28-13-11-18/h1-15H,16H2,(H,29,32)(H,30,33). The van der Waals surface area contributed by atoms with E-state index < -0.39 is 0 Å². The number of carbonyl (C=O) groups is 3. The number of benzene rings is 3. The van der Waals surface area contributed by atoms with E-state index in [4.69, 9.17) is 0 Å². The Morgan fingerprint density at radius 3 is 2.27 bits per heavy atom. The Morgan fingerprint density at radius 2 is 1.45 bits per heavy atom. The van der Waals surface area contributed by atoms with Crippen LogP contribution in [0.15, 0.2) is 91.3 Å². The molecule has 33 heavy (non-hydrogen) atoms. The highest BCUT2D eigenvalue weighted by atomic mass is 16.2. The minimum Gasteiger partial charge on any atom is -0.348 e. The third-order valence-electron chi connectivity index (χ3n) is 5.57. The van der Waals surface area contributed by atoms with Crippen LogP contribution in [0.3, 0.4) is 0 Å². The van der Waals surface area contributed by atoms with Crippen LogP contribution in [0.1, 0.15) is 42.2 Å². The summed E-state index contributed by atoms with van der Waals surface area (Å²) in [5, 5.41) is 5.73. The maximum absolute atomic E-state index is 12.7. The van der Waals surface area contributed by atoms with Gasteiger partial charge in [0.05, 0.1) is 0 Å². The number of carbonyl (C=O) groups excluding carboxylic acids is 3. The second-order valence-corrected chi connectivity index (χ2v) is 7.71. The van der Waals surface area contributed by atoms with Crippen LogP contribution in [0.5, 0.6) is 0 Å². The third kappa shape index (κ3) is 4.02. The molecular weight excluding hydrogens is 414 g/mol. The summed E-state index contributed by atoms with van der Waals surface area (Å²) >= 11 is 0. The number of pyridine rings is 1. The van der Waals surface area contributed by atoms with Crippen LogP contribution in [0.2, 0.25) is 0 Å². The maximum atomic E-state index is 12.7. The molecule has 0 aliphatic heterocycles. The molecule has 2 N–H and O–H groups in total. The Balaban J connectivity index is 1.26. The molecule has 2 amide bonds. The van der Waals surface area contributed by atoms with Gasteiger partial charge in [0, 0.05) is 46.9 Å². The molecule has 6 nitrogen and oxygen atoms in total. The number of hydrogen-bond acceptors (Lipinski definition) is 4. The van der Waals surface area contributed by atoms with E-state index in [0.717, 1.165) is 16.7 Å². The van der Waals surface area contributed by atoms with E-state index in [9.17, 15) is 14.4 Å². The Labute approximate surface area is 190 Å². The largest absolute Gasteiger partial charge is 0.348 e. The monoisotopic (exact) mass is 433 g/mol. The van der Waals surface area contributed by atoms with Crippen molar-refractivity contribution in [1.29, 1.82) is 0 Å². The molecule has 0 saturated carbocycles. The quantitative estimate of drug-likeness (QED) is 0.428. The fourth-order valence-corrected chi connectivity index (χ4v) is 3.92. The van der Waals surface area contributed by atoms with Gasteiger partial charge < -0.3 is 10.6 Å². The highest BCUT2D eigenvalue weighted by molar-refractivity contribution is 6.22. The van der Waals surface area contributed by atoms with E-state index in [1.54, 1.807) is 48.8 Å². The Kier molecular flexibility index (Phi) is 5.24. The van der Waals surface area contributed by atoms with E-state index in [2.05, 4.69) is 15.6 Å². The van der Waals surface area contributed by atoms with Crippen LogP contribution in [-0.2, 0) is 6.54 Å². The molecule has 3 aromatic carbocycles. The van der Waals surface area contributed by atoms with Gasteiger partial charge in [-0.25, -0.2) is 0 Å². The van der Waals surface area contributed by atoms with Gasteiger partial charge in [-0.15, -0.1) is 0 Å². The number of fused-ring (bicyclic) bond motifs is 3. The number of nitrogens with one attached hydrogen (secondary N) is 2. The molecule has 5 rings (SSSR count). The molecule has 0 radical (unpaired) electrons. The molecule has 1 heterocycles. The average molecular weight is 433 g/mol. The van der Waals surface area contributed by atoms with Gasteiger partial charge in [-0.3, -0.25) is 19.4 Å². The first-order valence-electron chi connectivity index (χ1n) is 10.5. The Morgan fingerprint density at radius 1 is 0.697 bits per heavy atom. The second kappa shape index (κ2) is 8.51. The fourth-order valence-electron chi connectivity index (χ4n) is 3.92. The molecule has 1 aromatic heterocycles. The van der Waals surface area contributed by atoms with Crippen molar-refractivity contribution in [2.75, 3.05) is 5.32 Å². The van der Waals surface area contributed by atoms with Crippen molar-refractivity contribution in [3.05, 3.63) is 119 Å². The van der Waals surface area contributed by atoms with Crippen molar-refractivity contribution in [2.24, 2.45) is 0 Å². The number of nitrogens with zero attached hydrogens (tertiary/aromatic N) is 1. The van der Waals surface area contributed by atoms with Gasteiger partial charge in [-0.05, 0) is 53.1 Å². The molecule has 0 unspecified atom stereocenters. The van der Waals surface area contributed by atoms with E-state index >= 15 is 0 Å². The third-order valence-corrected chi connectivity index (χ3v) is 5.57. The van der Waals surface area contributed by atoms with Crippen molar-refractivity contribution >= 4 is 23.3 Å². The first kappa shape index (κ1) is 20.3. The van der Waals surface area contributed by atoms with Crippen molar-refractivity contribution in [2.45, 2.75) is 6.54 Å². The molecule has 0 spiro atoms. The number of rotatable bonds is 5. The average Bonchev–Trinajstić information content (AvgIpc) is 3.15. The number of aromatic nitrogens is 1. The zero-order chi connectivity index (χ0) is 22.8. The highest BCUT2D eigenvalue weighted by Gasteiger charge is 2.27. The molecule has 0 atom stereocenters. The molecule has 6 heteroatoms. The van der Waals surface area contributed by atoms with Gasteiger partial charge in [0.15, 0.2) is 5.78 Å². The molecule has 1 aliphatic carbocycles. The summed E-state index contributed by atoms with van der Waals surface area (Å²) < 4.78 is 0. The predicted octanol–water partition coefficient (Wildman–Crippen LogP) is 4.48. The normalized spacial score (nSPS) is 11.5. The van der Waals surface area contributed by atoms with Gasteiger partial charge >= 0.3 is 0 Å². The van der Waals surface area contributed by atoms with Gasteiger partial charge in [0.1, 0.15) is 0 Å². The van der Waals surface area contributed by atoms with Gasteiger partial charge in [-0.2, -0.15) is 0 Å². The minimum atomic E-state index is -0.271. The van der Waals surface area contributed by atoms with Crippen LogP contribution in [-0.4, -0.2) is 22.6 Å². The Hall–Kier alpha value is -4.58. The summed E-state index contributed by atoms with van der Waals surface area (Å²) in [5.74, 6) is -0.567. The van der Waals surface area contributed by atoms with Gasteiger partial charge in [0.25, 0.3) is 11.8 Å². The predicted molar refractivity (Wildman–Crippen MR) is 125 cm³/mol. The van der Waals surface area contributed by atoms with Gasteiger partial charge in [-0.1, -0.05) is 42.5 Å². The number of ketones is 1. The SMILES string of the molecule is O=C(NCc1cccc(NC(=O)c2ccncc2)c1)c1ccc2c(c1)C(=O)c1ccccc1-2. The van der Waals surface area contributed by atoms with E-state index in [1.807, 2.05) is 42.5 Å². The van der Waals surface area contributed by atoms with Crippen LogP contribution < -0.4 is 10.6 Å². The number of amides is 2. The first-order valence-corrected chi connectivity index (χ1v) is 10.5. The van der Waals surface area contributed by atoms with Crippen LogP contribution >= 0.6 is 0 Å². The molecule has 0 saturated heterocycles. The zero-order valence-corrected chi connectivity index (χ0v) is 17.5. The lowest BCUT2D eigenvalue weighted by atomic mass is 10.0. The molecule has 160 valence electrons. The Bertz CT molecular complexity index is 1400. The lowest BCUT2D eigenvalue weighted by Gasteiger charge is -2.09. The number of anilines is 1. The maximum Gasteiger partial charge on any atom is 0.255 e. The van der Waals surface area contributed by atoms with Crippen molar-refractivity contribution < 1.29 is 14.4 Å². The lowest BCUT2D eigenvalue weighted by molar-refractivity contribution is 0.0950. The summed E-state index contributed by atoms with van der Waals surface area (Å²) in [6.07, 6.45) is 3.12. The van der Waals surface area contributed by atoms with Crippen LogP contribution in [0.4, 0.5) is 5.69 Å². The summed E-state index contributed by atoms with van der Waals surface area (Å²) in [4.78, 5) is 41.7. The van der Waals surface area contributed by atoms with Crippen LogP contribution in [0.25, 0.3) is 11.1 Å². The lowest BCUT2D eigenvalue weighted by Crippen LogP contribution is -2.23.